The van der Waals surface area contributed by atoms with Crippen LogP contribution in [0.4, 0.5) is 13.2 Å². The number of halogens is 5. The Morgan fingerprint density at radius 3 is 2.49 bits per heavy atom. The van der Waals surface area contributed by atoms with Crippen molar-refractivity contribution in [1.82, 2.24) is 29.1 Å². The number of nitrogens with zero attached hydrogens (tertiary/aromatic N) is 5. The van der Waals surface area contributed by atoms with Crippen molar-refractivity contribution in [1.29, 1.82) is 0 Å². The lowest BCUT2D eigenvalue weighted by Crippen LogP contribution is -2.41. The largest absolute Gasteiger partial charge is 0.484 e. The molecule has 242 valence electrons. The van der Waals surface area contributed by atoms with Crippen LogP contribution in [-0.4, -0.2) is 55.0 Å². The number of fused-ring (bicyclic) bond motifs is 1. The number of carbonyl (C=O) groups excluding carboxylic acids is 2. The summed E-state index contributed by atoms with van der Waals surface area (Å²) in [7, 11) is 0. The van der Waals surface area contributed by atoms with Gasteiger partial charge in [-0.25, -0.2) is 9.48 Å². The average Bonchev–Trinajstić information content (AvgIpc) is 3.70. The van der Waals surface area contributed by atoms with E-state index in [-0.39, 0.29) is 49.2 Å². The maximum atomic E-state index is 14.0. The number of imidazole rings is 1. The van der Waals surface area contributed by atoms with Gasteiger partial charge in [0.25, 0.3) is 11.8 Å². The molecule has 15 heteroatoms. The molecule has 47 heavy (non-hydrogen) atoms. The van der Waals surface area contributed by atoms with E-state index in [1.165, 1.54) is 44.4 Å². The van der Waals surface area contributed by atoms with Gasteiger partial charge in [-0.3, -0.25) is 18.7 Å². The molecule has 0 saturated heterocycles. The number of alkyl halides is 3. The molecule has 0 atom stereocenters. The first-order chi connectivity index (χ1) is 22.5. The van der Waals surface area contributed by atoms with Crippen molar-refractivity contribution >= 4 is 39.3 Å². The number of aromatic nitrogens is 4. The van der Waals surface area contributed by atoms with Crippen molar-refractivity contribution in [3.63, 3.8) is 0 Å². The number of amides is 2. The highest BCUT2D eigenvalue weighted by Gasteiger charge is 2.33. The molecule has 5 aromatic rings. The first-order valence-electron chi connectivity index (χ1n) is 14.2. The van der Waals surface area contributed by atoms with Gasteiger partial charge in [0, 0.05) is 42.1 Å². The molecule has 2 amide bonds. The van der Waals surface area contributed by atoms with Gasteiger partial charge in [-0.1, -0.05) is 29.8 Å². The van der Waals surface area contributed by atoms with E-state index in [2.05, 4.69) is 26.3 Å². The third kappa shape index (κ3) is 6.83. The van der Waals surface area contributed by atoms with Crippen molar-refractivity contribution in [2.24, 2.45) is 0 Å². The van der Waals surface area contributed by atoms with E-state index < -0.39 is 24.4 Å². The van der Waals surface area contributed by atoms with Crippen LogP contribution in [0.3, 0.4) is 0 Å². The van der Waals surface area contributed by atoms with E-state index in [1.54, 1.807) is 35.3 Å². The fourth-order valence-corrected chi connectivity index (χ4v) is 5.76. The zero-order valence-electron chi connectivity index (χ0n) is 24.4. The van der Waals surface area contributed by atoms with Crippen molar-refractivity contribution in [3.8, 4) is 17.1 Å². The van der Waals surface area contributed by atoms with Gasteiger partial charge in [-0.15, -0.1) is 0 Å². The first kappa shape index (κ1) is 32.1. The summed E-state index contributed by atoms with van der Waals surface area (Å²) in [5, 5.41) is 7.53. The molecule has 3 heterocycles. The molecule has 1 aliphatic heterocycles. The quantitative estimate of drug-likeness (QED) is 0.219. The van der Waals surface area contributed by atoms with E-state index >= 15 is 0 Å². The van der Waals surface area contributed by atoms with E-state index in [9.17, 15) is 27.6 Å². The van der Waals surface area contributed by atoms with E-state index in [0.717, 1.165) is 11.3 Å². The van der Waals surface area contributed by atoms with Gasteiger partial charge in [0.1, 0.15) is 11.4 Å². The third-order valence-corrected chi connectivity index (χ3v) is 8.76. The summed E-state index contributed by atoms with van der Waals surface area (Å²) in [6.45, 7) is -1.17. The molecule has 2 aromatic heterocycles. The number of rotatable bonds is 8. The smallest absolute Gasteiger partial charge is 0.422 e. The molecule has 0 fully saturated rings. The Balaban J connectivity index is 1.35. The van der Waals surface area contributed by atoms with E-state index in [1.807, 2.05) is 24.3 Å². The Hall–Kier alpha value is -4.82. The lowest BCUT2D eigenvalue weighted by atomic mass is 10.1. The average molecular weight is 730 g/mol. The molecule has 0 radical (unpaired) electrons. The Morgan fingerprint density at radius 2 is 1.79 bits per heavy atom. The van der Waals surface area contributed by atoms with Crippen LogP contribution in [0.15, 0.2) is 94.5 Å². The fourth-order valence-electron chi connectivity index (χ4n) is 5.33. The monoisotopic (exact) mass is 728 g/mol. The second kappa shape index (κ2) is 13.1. The van der Waals surface area contributed by atoms with Gasteiger partial charge in [0.2, 0.25) is 0 Å². The summed E-state index contributed by atoms with van der Waals surface area (Å²) < 4.78 is 47.8. The normalized spacial score (nSPS) is 12.9. The molecule has 1 aliphatic rings. The van der Waals surface area contributed by atoms with Crippen LogP contribution in [0.5, 0.6) is 5.75 Å². The summed E-state index contributed by atoms with van der Waals surface area (Å²) in [6.07, 6.45) is -1.12. The summed E-state index contributed by atoms with van der Waals surface area (Å²) in [4.78, 5) is 42.9. The summed E-state index contributed by atoms with van der Waals surface area (Å²) in [5.74, 6) is -0.990. The molecule has 6 rings (SSSR count). The molecule has 0 saturated carbocycles. The van der Waals surface area contributed by atoms with Gasteiger partial charge in [-0.05, 0) is 76.1 Å². The topological polar surface area (TPSA) is 103 Å². The first-order valence-corrected chi connectivity index (χ1v) is 15.4. The molecular weight excluding hydrogens is 705 g/mol. The zero-order chi connectivity index (χ0) is 33.3. The van der Waals surface area contributed by atoms with Gasteiger partial charge in [-0.2, -0.15) is 18.3 Å². The Kier molecular flexibility index (Phi) is 8.97. The van der Waals surface area contributed by atoms with Gasteiger partial charge in [0.15, 0.2) is 6.61 Å². The van der Waals surface area contributed by atoms with Crippen LogP contribution in [0.25, 0.3) is 11.4 Å². The maximum absolute atomic E-state index is 14.0. The minimum atomic E-state index is -4.52. The lowest BCUT2D eigenvalue weighted by Gasteiger charge is -2.28. The minimum absolute atomic E-state index is 0.0122. The maximum Gasteiger partial charge on any atom is 0.422 e. The van der Waals surface area contributed by atoms with Crippen LogP contribution >= 0.6 is 27.5 Å². The van der Waals surface area contributed by atoms with Crippen LogP contribution in [-0.2, 0) is 19.6 Å². The number of hydrogen-bond donors (Lipinski definition) is 1. The molecule has 0 spiro atoms. The number of benzene rings is 3. The number of hydrogen-bond acceptors (Lipinski definition) is 5. The third-order valence-electron chi connectivity index (χ3n) is 7.53. The highest BCUT2D eigenvalue weighted by Crippen LogP contribution is 2.27. The van der Waals surface area contributed by atoms with Crippen LogP contribution in [0.2, 0.25) is 5.02 Å². The summed E-state index contributed by atoms with van der Waals surface area (Å²) in [6, 6.07) is 19.3. The Morgan fingerprint density at radius 1 is 1.02 bits per heavy atom. The highest BCUT2D eigenvalue weighted by molar-refractivity contribution is 9.10. The standard InChI is InChI=1S/C32H25BrClF3N6O4/c33-24-11-6-20(16-25(24)34)30(45)40-14-15-41-27(18-40)28(29(44)38-17-21-4-1-2-5-26(21)42-13-3-12-39-42)43(31(41)46)22-7-9-23(10-8-22)47-19-32(35,36)37/h1-13,16H,14-15,17-19H2,(H,38,44). The molecule has 1 N–H and O–H groups in total. The summed E-state index contributed by atoms with van der Waals surface area (Å²) in [5.41, 5.74) is 1.81. The molecular formula is C32H25BrClF3N6O4. The predicted octanol–water partition coefficient (Wildman–Crippen LogP) is 5.77. The molecule has 0 bridgehead atoms. The van der Waals surface area contributed by atoms with Crippen molar-refractivity contribution in [3.05, 3.63) is 128 Å². The minimum Gasteiger partial charge on any atom is -0.484 e. The van der Waals surface area contributed by atoms with Gasteiger partial charge < -0.3 is 15.0 Å². The fraction of sp³-hybridized carbons (Fsp3) is 0.188. The lowest BCUT2D eigenvalue weighted by molar-refractivity contribution is -0.153. The second-order valence-electron chi connectivity index (χ2n) is 10.6. The van der Waals surface area contributed by atoms with Crippen LogP contribution in [0.1, 0.15) is 32.1 Å². The molecule has 0 unspecified atom stereocenters. The van der Waals surface area contributed by atoms with E-state index in [0.29, 0.717) is 20.8 Å². The molecule has 3 aromatic carbocycles. The number of ether oxygens (including phenoxy) is 1. The molecule has 10 nitrogen and oxygen atoms in total. The van der Waals surface area contributed by atoms with E-state index in [4.69, 9.17) is 16.3 Å². The number of carbonyl (C=O) groups is 2. The zero-order valence-corrected chi connectivity index (χ0v) is 26.7. The van der Waals surface area contributed by atoms with Crippen molar-refractivity contribution in [2.45, 2.75) is 25.8 Å². The second-order valence-corrected chi connectivity index (χ2v) is 11.8. The van der Waals surface area contributed by atoms with Crippen molar-refractivity contribution < 1.29 is 27.5 Å². The summed E-state index contributed by atoms with van der Waals surface area (Å²) >= 11 is 9.55. The van der Waals surface area contributed by atoms with Crippen LogP contribution < -0.4 is 15.7 Å². The number of nitrogens with one attached hydrogen (secondary N) is 1. The SMILES string of the molecule is O=C(NCc1ccccc1-n1cccn1)c1c2n(c(=O)n1-c1ccc(OCC(F)(F)F)cc1)CCN(C(=O)c1ccc(Br)c(Cl)c1)C2. The van der Waals surface area contributed by atoms with Crippen LogP contribution in [0, 0.1) is 0 Å². The van der Waals surface area contributed by atoms with Crippen molar-refractivity contribution in [2.75, 3.05) is 13.2 Å². The number of para-hydroxylation sites is 1. The molecule has 0 aliphatic carbocycles. The Labute approximate surface area is 279 Å². The Bertz CT molecular complexity index is 2010. The predicted molar refractivity (Wildman–Crippen MR) is 170 cm³/mol. The van der Waals surface area contributed by atoms with Gasteiger partial charge >= 0.3 is 11.9 Å². The van der Waals surface area contributed by atoms with Gasteiger partial charge in [0.05, 0.1) is 28.6 Å². The highest BCUT2D eigenvalue weighted by atomic mass is 79.9.